The molecule has 6 heteroatoms. The maximum absolute atomic E-state index is 12.3. The number of carbonyl (C=O) groups excluding carboxylic acids is 2. The van der Waals surface area contributed by atoms with E-state index < -0.39 is 5.78 Å². The van der Waals surface area contributed by atoms with Gasteiger partial charge in [0, 0.05) is 24.1 Å². The van der Waals surface area contributed by atoms with Gasteiger partial charge in [-0.25, -0.2) is 0 Å². The van der Waals surface area contributed by atoms with E-state index in [0.29, 0.717) is 23.5 Å². The van der Waals surface area contributed by atoms with Crippen molar-refractivity contribution in [3.8, 4) is 23.0 Å². The number of phenolic OH excluding ortho intramolecular Hbond substituents is 2. The molecule has 0 aromatic heterocycles. The molecule has 6 nitrogen and oxygen atoms in total. The summed E-state index contributed by atoms with van der Waals surface area (Å²) in [6.45, 7) is 2.22. The van der Waals surface area contributed by atoms with Gasteiger partial charge in [0.15, 0.2) is 5.78 Å². The molecule has 0 aliphatic carbocycles. The number of aromatic hydroxyl groups is 2. The van der Waals surface area contributed by atoms with Crippen LogP contribution < -0.4 is 9.47 Å². The Kier molecular flexibility index (Phi) is 11.7. The predicted molar refractivity (Wildman–Crippen MR) is 134 cm³/mol. The van der Waals surface area contributed by atoms with Crippen LogP contribution in [0.15, 0.2) is 42.5 Å². The second-order valence-electron chi connectivity index (χ2n) is 8.36. The largest absolute Gasteiger partial charge is 0.508 e. The van der Waals surface area contributed by atoms with E-state index in [1.165, 1.54) is 63.8 Å². The van der Waals surface area contributed by atoms with Crippen molar-refractivity contribution in [3.05, 3.63) is 53.6 Å². The Morgan fingerprint density at radius 2 is 1.56 bits per heavy atom. The lowest BCUT2D eigenvalue weighted by molar-refractivity contribution is -0.134. The van der Waals surface area contributed by atoms with Gasteiger partial charge in [0.05, 0.1) is 12.7 Å². The van der Waals surface area contributed by atoms with Crippen LogP contribution >= 0.6 is 0 Å². The molecule has 0 saturated carbocycles. The SMILES string of the molecule is CCCCCCCCCCCC(=O)Oc1ccc(C=CC(=O)c2ccc(O)cc2O)c(OC)c1. The van der Waals surface area contributed by atoms with Gasteiger partial charge in [-0.05, 0) is 42.8 Å². The fourth-order valence-corrected chi connectivity index (χ4v) is 3.64. The molecular formula is C28H36O6. The first-order valence-corrected chi connectivity index (χ1v) is 12.1. The second-order valence-corrected chi connectivity index (χ2v) is 8.36. The molecule has 0 aliphatic heterocycles. The van der Waals surface area contributed by atoms with E-state index in [2.05, 4.69) is 6.92 Å². The predicted octanol–water partition coefficient (Wildman–Crippen LogP) is 6.83. The molecule has 0 atom stereocenters. The van der Waals surface area contributed by atoms with Crippen molar-refractivity contribution in [2.75, 3.05) is 7.11 Å². The quantitative estimate of drug-likeness (QED) is 0.0978. The third-order valence-electron chi connectivity index (χ3n) is 5.58. The summed E-state index contributed by atoms with van der Waals surface area (Å²) in [5.41, 5.74) is 0.697. The normalized spacial score (nSPS) is 11.0. The van der Waals surface area contributed by atoms with E-state index >= 15 is 0 Å². The van der Waals surface area contributed by atoms with Crippen molar-refractivity contribution < 1.29 is 29.3 Å². The molecule has 184 valence electrons. The van der Waals surface area contributed by atoms with Gasteiger partial charge in [0.25, 0.3) is 0 Å². The van der Waals surface area contributed by atoms with E-state index in [1.807, 2.05) is 0 Å². The monoisotopic (exact) mass is 468 g/mol. The number of esters is 1. The summed E-state index contributed by atoms with van der Waals surface area (Å²) in [4.78, 5) is 24.5. The highest BCUT2D eigenvalue weighted by atomic mass is 16.5. The van der Waals surface area contributed by atoms with Gasteiger partial charge < -0.3 is 19.7 Å². The van der Waals surface area contributed by atoms with Crippen molar-refractivity contribution >= 4 is 17.8 Å². The van der Waals surface area contributed by atoms with Crippen LogP contribution in [-0.2, 0) is 4.79 Å². The molecule has 0 bridgehead atoms. The number of ether oxygens (including phenoxy) is 2. The van der Waals surface area contributed by atoms with Gasteiger partial charge in [0.1, 0.15) is 23.0 Å². The fourth-order valence-electron chi connectivity index (χ4n) is 3.64. The lowest BCUT2D eigenvalue weighted by Crippen LogP contribution is -2.07. The summed E-state index contributed by atoms with van der Waals surface area (Å²) < 4.78 is 10.8. The lowest BCUT2D eigenvalue weighted by Gasteiger charge is -2.09. The number of rotatable bonds is 15. The number of methoxy groups -OCH3 is 1. The molecule has 0 fully saturated rings. The van der Waals surface area contributed by atoms with E-state index in [-0.39, 0.29) is 23.0 Å². The number of carbonyl (C=O) groups is 2. The summed E-state index contributed by atoms with van der Waals surface area (Å²) in [5.74, 6) is -0.273. The fraction of sp³-hybridized carbons (Fsp3) is 0.429. The zero-order valence-corrected chi connectivity index (χ0v) is 20.2. The third kappa shape index (κ3) is 9.30. The number of benzene rings is 2. The van der Waals surface area contributed by atoms with Crippen LogP contribution in [0.4, 0.5) is 0 Å². The van der Waals surface area contributed by atoms with Crippen LogP contribution in [0.1, 0.15) is 87.1 Å². The van der Waals surface area contributed by atoms with E-state index in [1.54, 1.807) is 24.3 Å². The summed E-state index contributed by atoms with van der Waals surface area (Å²) in [6.07, 6.45) is 13.9. The van der Waals surface area contributed by atoms with Gasteiger partial charge in [-0.15, -0.1) is 0 Å². The molecule has 2 aromatic carbocycles. The van der Waals surface area contributed by atoms with E-state index in [0.717, 1.165) is 25.3 Å². The Bertz CT molecular complexity index is 963. The summed E-state index contributed by atoms with van der Waals surface area (Å²) in [5, 5.41) is 19.2. The minimum Gasteiger partial charge on any atom is -0.508 e. The van der Waals surface area contributed by atoms with E-state index in [9.17, 15) is 19.8 Å². The van der Waals surface area contributed by atoms with Crippen LogP contribution in [-0.4, -0.2) is 29.1 Å². The van der Waals surface area contributed by atoms with Gasteiger partial charge in [0.2, 0.25) is 0 Å². The average molecular weight is 469 g/mol. The standard InChI is InChI=1S/C28H36O6/c1-3-4-5-6-7-8-9-10-11-12-28(32)34-23-16-13-21(27(20-23)33-2)14-18-25(30)24-17-15-22(29)19-26(24)31/h13-20,29,31H,3-12H2,1-2H3. The number of phenols is 2. The molecule has 2 rings (SSSR count). The number of hydrogen-bond acceptors (Lipinski definition) is 6. The molecule has 0 aliphatic rings. The second kappa shape index (κ2) is 14.8. The summed E-state index contributed by atoms with van der Waals surface area (Å²) >= 11 is 0. The van der Waals surface area contributed by atoms with Crippen LogP contribution in [0.2, 0.25) is 0 Å². The topological polar surface area (TPSA) is 93.1 Å². The third-order valence-corrected chi connectivity index (χ3v) is 5.58. The number of hydrogen-bond donors (Lipinski definition) is 2. The van der Waals surface area contributed by atoms with Crippen LogP contribution in [0, 0.1) is 0 Å². The first-order valence-electron chi connectivity index (χ1n) is 12.1. The maximum atomic E-state index is 12.3. The van der Waals surface area contributed by atoms with Gasteiger partial charge in [-0.3, -0.25) is 9.59 Å². The van der Waals surface area contributed by atoms with Crippen molar-refractivity contribution in [2.45, 2.75) is 71.1 Å². The Labute approximate surface area is 202 Å². The molecule has 2 N–H and O–H groups in total. The average Bonchev–Trinajstić information content (AvgIpc) is 2.81. The molecule has 0 spiro atoms. The molecule has 0 amide bonds. The van der Waals surface area contributed by atoms with Crippen LogP contribution in [0.3, 0.4) is 0 Å². The minimum atomic E-state index is -0.420. The van der Waals surface area contributed by atoms with Crippen LogP contribution in [0.25, 0.3) is 6.08 Å². The Hall–Kier alpha value is -3.28. The number of allylic oxidation sites excluding steroid dienone is 1. The van der Waals surface area contributed by atoms with Crippen molar-refractivity contribution in [1.82, 2.24) is 0 Å². The highest BCUT2D eigenvalue weighted by Gasteiger charge is 2.11. The van der Waals surface area contributed by atoms with Crippen LogP contribution in [0.5, 0.6) is 23.0 Å². The van der Waals surface area contributed by atoms with Gasteiger partial charge in [-0.1, -0.05) is 58.3 Å². The molecule has 34 heavy (non-hydrogen) atoms. The molecular weight excluding hydrogens is 432 g/mol. The molecule has 0 saturated heterocycles. The van der Waals surface area contributed by atoms with E-state index in [4.69, 9.17) is 9.47 Å². The zero-order chi connectivity index (χ0) is 24.8. The number of unbranched alkanes of at least 4 members (excludes halogenated alkanes) is 8. The smallest absolute Gasteiger partial charge is 0.311 e. The van der Waals surface area contributed by atoms with Crippen molar-refractivity contribution in [3.63, 3.8) is 0 Å². The Morgan fingerprint density at radius 3 is 2.21 bits per heavy atom. The van der Waals surface area contributed by atoms with Gasteiger partial charge >= 0.3 is 5.97 Å². The first kappa shape index (κ1) is 27.0. The Balaban J connectivity index is 1.82. The Morgan fingerprint density at radius 1 is 0.882 bits per heavy atom. The summed E-state index contributed by atoms with van der Waals surface area (Å²) in [6, 6.07) is 8.75. The molecule has 2 aromatic rings. The minimum absolute atomic E-state index is 0.0788. The highest BCUT2D eigenvalue weighted by Crippen LogP contribution is 2.27. The molecule has 0 radical (unpaired) electrons. The highest BCUT2D eigenvalue weighted by molar-refractivity contribution is 6.08. The zero-order valence-electron chi connectivity index (χ0n) is 20.2. The number of ketones is 1. The molecule has 0 unspecified atom stereocenters. The van der Waals surface area contributed by atoms with Crippen molar-refractivity contribution in [2.24, 2.45) is 0 Å². The van der Waals surface area contributed by atoms with Gasteiger partial charge in [-0.2, -0.15) is 0 Å². The van der Waals surface area contributed by atoms with Crippen molar-refractivity contribution in [1.29, 1.82) is 0 Å². The maximum Gasteiger partial charge on any atom is 0.311 e. The molecule has 0 heterocycles. The first-order chi connectivity index (χ1) is 16.4. The lowest BCUT2D eigenvalue weighted by atomic mass is 10.1. The summed E-state index contributed by atoms with van der Waals surface area (Å²) in [7, 11) is 1.49.